The molecule has 0 saturated carbocycles. The van der Waals surface area contributed by atoms with Crippen molar-refractivity contribution in [2.45, 2.75) is 31.5 Å². The third-order valence-electron chi connectivity index (χ3n) is 5.06. The first kappa shape index (κ1) is 20.4. The third-order valence-corrected chi connectivity index (χ3v) is 6.31. The first-order valence-corrected chi connectivity index (χ1v) is 10.2. The highest BCUT2D eigenvalue weighted by Gasteiger charge is 2.36. The summed E-state index contributed by atoms with van der Waals surface area (Å²) < 4.78 is 39.2. The number of nitrogens with one attached hydrogen (secondary N) is 1. The number of imidazole rings is 1. The van der Waals surface area contributed by atoms with Crippen molar-refractivity contribution < 1.29 is 22.8 Å². The van der Waals surface area contributed by atoms with Gasteiger partial charge in [0.25, 0.3) is 5.91 Å². The summed E-state index contributed by atoms with van der Waals surface area (Å²) in [6, 6.07) is 7.33. The van der Waals surface area contributed by atoms with E-state index in [-0.39, 0.29) is 18.4 Å². The number of thiophene rings is 1. The molecule has 1 unspecified atom stereocenters. The summed E-state index contributed by atoms with van der Waals surface area (Å²) in [5.41, 5.74) is 1.72. The Morgan fingerprint density at radius 2 is 2.07 bits per heavy atom. The maximum absolute atomic E-state index is 12.5. The summed E-state index contributed by atoms with van der Waals surface area (Å²) in [4.78, 5) is 31.2. The van der Waals surface area contributed by atoms with Crippen LogP contribution in [0.15, 0.2) is 42.9 Å². The fourth-order valence-electron chi connectivity index (χ4n) is 3.53. The van der Waals surface area contributed by atoms with Crippen LogP contribution in [-0.2, 0) is 11.3 Å². The molecular formula is C20H19F3N4O2S. The fraction of sp³-hybridized carbons (Fsp3) is 0.350. The Hall–Kier alpha value is -2.88. The Bertz CT molecular complexity index is 1080. The minimum atomic E-state index is -4.49. The molecular weight excluding hydrogens is 417 g/mol. The van der Waals surface area contributed by atoms with Crippen molar-refractivity contribution >= 4 is 28.8 Å². The summed E-state index contributed by atoms with van der Waals surface area (Å²) in [5.74, 6) is -1.15. The number of nitrogens with zero attached hydrogens (tertiary/aromatic N) is 3. The van der Waals surface area contributed by atoms with Gasteiger partial charge in [0, 0.05) is 49.0 Å². The number of carbonyl (C=O) groups is 2. The van der Waals surface area contributed by atoms with Gasteiger partial charge < -0.3 is 14.6 Å². The second-order valence-electron chi connectivity index (χ2n) is 7.23. The van der Waals surface area contributed by atoms with Crippen molar-refractivity contribution in [3.63, 3.8) is 0 Å². The summed E-state index contributed by atoms with van der Waals surface area (Å²) in [6.07, 6.45) is 0.0831. The lowest BCUT2D eigenvalue weighted by atomic mass is 10.1. The van der Waals surface area contributed by atoms with E-state index in [1.807, 2.05) is 35.0 Å². The molecule has 3 aromatic heterocycles. The number of fused-ring (bicyclic) bond motifs is 1. The lowest BCUT2D eigenvalue weighted by Crippen LogP contribution is -2.32. The van der Waals surface area contributed by atoms with Gasteiger partial charge in [-0.2, -0.15) is 13.2 Å². The molecule has 4 heterocycles. The van der Waals surface area contributed by atoms with Gasteiger partial charge in [-0.1, -0.05) is 0 Å². The van der Waals surface area contributed by atoms with Gasteiger partial charge >= 0.3 is 6.18 Å². The molecule has 4 rings (SSSR count). The van der Waals surface area contributed by atoms with Gasteiger partial charge in [0.15, 0.2) is 0 Å². The molecule has 1 fully saturated rings. The van der Waals surface area contributed by atoms with Gasteiger partial charge in [-0.15, -0.1) is 11.3 Å². The van der Waals surface area contributed by atoms with Crippen molar-refractivity contribution in [1.82, 2.24) is 19.6 Å². The number of halogens is 3. The Kier molecular flexibility index (Phi) is 5.50. The second kappa shape index (κ2) is 8.10. The molecule has 30 heavy (non-hydrogen) atoms. The van der Waals surface area contributed by atoms with Crippen LogP contribution in [0.5, 0.6) is 0 Å². The highest BCUT2D eigenvalue weighted by molar-refractivity contribution is 7.14. The molecule has 0 aliphatic carbocycles. The van der Waals surface area contributed by atoms with E-state index >= 15 is 0 Å². The van der Waals surface area contributed by atoms with Crippen LogP contribution in [0.4, 0.5) is 13.2 Å². The predicted molar refractivity (Wildman–Crippen MR) is 105 cm³/mol. The van der Waals surface area contributed by atoms with E-state index in [0.717, 1.165) is 16.1 Å². The summed E-state index contributed by atoms with van der Waals surface area (Å²) in [6.45, 7) is 0.911. The molecule has 0 radical (unpaired) electrons. The zero-order chi connectivity index (χ0) is 21.3. The third kappa shape index (κ3) is 4.64. The molecule has 0 aromatic carbocycles. The van der Waals surface area contributed by atoms with Crippen LogP contribution >= 0.6 is 11.3 Å². The average Bonchev–Trinajstić information content (AvgIpc) is 3.44. The van der Waals surface area contributed by atoms with E-state index in [2.05, 4.69) is 10.3 Å². The fourth-order valence-corrected chi connectivity index (χ4v) is 4.58. The van der Waals surface area contributed by atoms with Crippen molar-refractivity contribution in [2.24, 2.45) is 0 Å². The van der Waals surface area contributed by atoms with E-state index in [0.29, 0.717) is 24.4 Å². The maximum Gasteiger partial charge on any atom is 0.397 e. The smallest absolute Gasteiger partial charge is 0.347 e. The van der Waals surface area contributed by atoms with E-state index in [1.54, 1.807) is 12.3 Å². The Morgan fingerprint density at radius 3 is 2.87 bits per heavy atom. The van der Waals surface area contributed by atoms with Crippen molar-refractivity contribution in [3.05, 3.63) is 58.2 Å². The van der Waals surface area contributed by atoms with Gasteiger partial charge in [-0.25, -0.2) is 4.98 Å². The number of rotatable bonds is 5. The molecule has 3 aromatic rings. The van der Waals surface area contributed by atoms with E-state index < -0.39 is 18.5 Å². The van der Waals surface area contributed by atoms with Crippen LogP contribution in [-0.4, -0.2) is 45.4 Å². The maximum atomic E-state index is 12.5. The zero-order valence-electron chi connectivity index (χ0n) is 15.9. The Labute approximate surface area is 174 Å². The number of aromatic nitrogens is 2. The molecule has 1 saturated heterocycles. The van der Waals surface area contributed by atoms with Gasteiger partial charge in [-0.3, -0.25) is 9.59 Å². The highest BCUT2D eigenvalue weighted by atomic mass is 32.1. The number of alkyl halides is 3. The molecule has 10 heteroatoms. The quantitative estimate of drug-likeness (QED) is 0.665. The average molecular weight is 436 g/mol. The van der Waals surface area contributed by atoms with Crippen molar-refractivity contribution in [1.29, 1.82) is 0 Å². The molecule has 1 N–H and O–H groups in total. The highest BCUT2D eigenvalue weighted by Crippen LogP contribution is 2.33. The van der Waals surface area contributed by atoms with Gasteiger partial charge in [0.1, 0.15) is 12.1 Å². The topological polar surface area (TPSA) is 66.7 Å². The monoisotopic (exact) mass is 436 g/mol. The molecule has 0 bridgehead atoms. The first-order valence-electron chi connectivity index (χ1n) is 9.42. The summed E-state index contributed by atoms with van der Waals surface area (Å²) >= 11 is 1.32. The molecule has 2 amide bonds. The number of pyridine rings is 1. The molecule has 1 atom stereocenters. The SMILES string of the molecule is O=C(NCc1ccn2ccnc2c1)c1ccc(C2CCN(C(=O)CC(F)(F)F)C2)s1. The lowest BCUT2D eigenvalue weighted by Gasteiger charge is -2.17. The minimum Gasteiger partial charge on any atom is -0.347 e. The van der Waals surface area contributed by atoms with Crippen molar-refractivity contribution in [2.75, 3.05) is 13.1 Å². The summed E-state index contributed by atoms with van der Waals surface area (Å²) in [7, 11) is 0. The first-order chi connectivity index (χ1) is 14.3. The van der Waals surface area contributed by atoms with E-state index in [9.17, 15) is 22.8 Å². The van der Waals surface area contributed by atoms with Gasteiger partial charge in [-0.05, 0) is 36.2 Å². The largest absolute Gasteiger partial charge is 0.397 e. The predicted octanol–water partition coefficient (Wildman–Crippen LogP) is 3.59. The normalized spacial score (nSPS) is 16.9. The minimum absolute atomic E-state index is 0.0448. The van der Waals surface area contributed by atoms with E-state index in [1.165, 1.54) is 16.2 Å². The second-order valence-corrected chi connectivity index (χ2v) is 8.35. The lowest BCUT2D eigenvalue weighted by molar-refractivity contribution is -0.160. The van der Waals surface area contributed by atoms with Crippen LogP contribution in [0.2, 0.25) is 0 Å². The summed E-state index contributed by atoms with van der Waals surface area (Å²) in [5, 5.41) is 2.87. The van der Waals surface area contributed by atoms with Gasteiger partial charge in [0.2, 0.25) is 5.91 Å². The molecule has 158 valence electrons. The standard InChI is InChI=1S/C20H19F3N4O2S/c21-20(22,23)10-18(28)27-7-4-14(12-27)15-1-2-16(30-15)19(29)25-11-13-3-6-26-8-5-24-17(26)9-13/h1-3,5-6,8-9,14H,4,7,10-12H2,(H,25,29). The Morgan fingerprint density at radius 1 is 1.23 bits per heavy atom. The number of hydrogen-bond donors (Lipinski definition) is 1. The number of likely N-dealkylation sites (tertiary alicyclic amines) is 1. The number of carbonyl (C=O) groups excluding carboxylic acids is 2. The molecule has 1 aliphatic rings. The van der Waals surface area contributed by atoms with Gasteiger partial charge in [0.05, 0.1) is 4.88 Å². The number of hydrogen-bond acceptors (Lipinski definition) is 4. The van der Waals surface area contributed by atoms with Crippen LogP contribution < -0.4 is 5.32 Å². The van der Waals surface area contributed by atoms with Crippen LogP contribution in [0.1, 0.15) is 38.9 Å². The molecule has 1 aliphatic heterocycles. The molecule has 6 nitrogen and oxygen atoms in total. The van der Waals surface area contributed by atoms with Crippen molar-refractivity contribution in [3.8, 4) is 0 Å². The Balaban J connectivity index is 1.33. The number of amides is 2. The van der Waals surface area contributed by atoms with Crippen LogP contribution in [0.3, 0.4) is 0 Å². The van der Waals surface area contributed by atoms with E-state index in [4.69, 9.17) is 0 Å². The van der Waals surface area contributed by atoms with Crippen LogP contribution in [0, 0.1) is 0 Å². The molecule has 0 spiro atoms. The van der Waals surface area contributed by atoms with Crippen LogP contribution in [0.25, 0.3) is 5.65 Å². The zero-order valence-corrected chi connectivity index (χ0v) is 16.7.